The lowest BCUT2D eigenvalue weighted by Crippen LogP contribution is -2.54. The highest BCUT2D eigenvalue weighted by Gasteiger charge is 2.37. The fourth-order valence-electron chi connectivity index (χ4n) is 3.70. The Morgan fingerprint density at radius 1 is 0.972 bits per heavy atom. The van der Waals surface area contributed by atoms with Gasteiger partial charge in [-0.25, -0.2) is 14.1 Å². The van der Waals surface area contributed by atoms with Gasteiger partial charge in [0.2, 0.25) is 0 Å². The number of urea groups is 1. The van der Waals surface area contributed by atoms with Gasteiger partial charge in [0.1, 0.15) is 17.1 Å². The van der Waals surface area contributed by atoms with Crippen LogP contribution >= 0.6 is 34.8 Å². The van der Waals surface area contributed by atoms with Crippen LogP contribution in [-0.2, 0) is 16.0 Å². The third-order valence-electron chi connectivity index (χ3n) is 5.32. The quantitative estimate of drug-likeness (QED) is 0.285. The zero-order chi connectivity index (χ0) is 26.0. The first-order valence-electron chi connectivity index (χ1n) is 10.7. The first kappa shape index (κ1) is 25.7. The van der Waals surface area contributed by atoms with Crippen molar-refractivity contribution in [3.05, 3.63) is 97.7 Å². The largest absolute Gasteiger partial charge is 0.494 e. The Kier molecular flexibility index (Phi) is 7.64. The maximum Gasteiger partial charge on any atom is 0.335 e. The third kappa shape index (κ3) is 5.38. The van der Waals surface area contributed by atoms with Crippen molar-refractivity contribution in [3.63, 3.8) is 0 Å². The highest BCUT2D eigenvalue weighted by Crippen LogP contribution is 2.33. The molecule has 0 radical (unpaired) electrons. The summed E-state index contributed by atoms with van der Waals surface area (Å²) in [6.07, 6.45) is 1.62. The first-order valence-corrected chi connectivity index (χ1v) is 11.9. The second kappa shape index (κ2) is 10.7. The SMILES string of the molecule is CCOc1cc(/C=C2\C(=O)NC(=O)N(c3ccc(Cl)c(Cl)c3)C2=O)cc(Cl)c1Cc1cccc(F)c1. The number of hydrogen-bond donors (Lipinski definition) is 1. The van der Waals surface area contributed by atoms with Gasteiger partial charge in [-0.2, -0.15) is 0 Å². The number of carbonyl (C=O) groups excluding carboxylic acids is 3. The van der Waals surface area contributed by atoms with E-state index in [1.54, 1.807) is 31.2 Å². The summed E-state index contributed by atoms with van der Waals surface area (Å²) in [4.78, 5) is 39.0. The average Bonchev–Trinajstić information content (AvgIpc) is 2.81. The van der Waals surface area contributed by atoms with E-state index in [2.05, 4.69) is 5.32 Å². The van der Waals surface area contributed by atoms with Crippen LogP contribution in [0, 0.1) is 5.82 Å². The molecule has 1 saturated heterocycles. The van der Waals surface area contributed by atoms with E-state index in [4.69, 9.17) is 39.5 Å². The smallest absolute Gasteiger partial charge is 0.335 e. The number of barbiturate groups is 1. The van der Waals surface area contributed by atoms with Gasteiger partial charge in [0.25, 0.3) is 11.8 Å². The van der Waals surface area contributed by atoms with Gasteiger partial charge in [0.15, 0.2) is 0 Å². The summed E-state index contributed by atoms with van der Waals surface area (Å²) in [7, 11) is 0. The molecular weight excluding hydrogens is 530 g/mol. The van der Waals surface area contributed by atoms with Crippen LogP contribution in [0.25, 0.3) is 6.08 Å². The Morgan fingerprint density at radius 2 is 1.75 bits per heavy atom. The lowest BCUT2D eigenvalue weighted by Gasteiger charge is -2.26. The van der Waals surface area contributed by atoms with Crippen LogP contribution in [0.15, 0.2) is 60.2 Å². The lowest BCUT2D eigenvalue weighted by atomic mass is 10.00. The summed E-state index contributed by atoms with van der Waals surface area (Å²) >= 11 is 18.5. The standard InChI is InChI=1S/C26H18Cl3FN2O4/c1-2-36-23-12-15(11-21(28)18(23)9-14-4-3-5-16(30)8-14)10-19-24(33)31-26(35)32(25(19)34)17-6-7-20(27)22(29)13-17/h3-8,10-13H,2,9H2,1H3,(H,31,33,35)/b19-10+. The van der Waals surface area contributed by atoms with Crippen LogP contribution < -0.4 is 15.0 Å². The van der Waals surface area contributed by atoms with E-state index >= 15 is 0 Å². The zero-order valence-corrected chi connectivity index (χ0v) is 21.0. The number of benzene rings is 3. The predicted molar refractivity (Wildman–Crippen MR) is 137 cm³/mol. The van der Waals surface area contributed by atoms with E-state index < -0.39 is 17.8 Å². The van der Waals surface area contributed by atoms with Gasteiger partial charge in [-0.3, -0.25) is 14.9 Å². The maximum absolute atomic E-state index is 13.7. The van der Waals surface area contributed by atoms with Crippen molar-refractivity contribution in [2.45, 2.75) is 13.3 Å². The molecule has 36 heavy (non-hydrogen) atoms. The normalized spacial score (nSPS) is 14.9. The van der Waals surface area contributed by atoms with Gasteiger partial charge >= 0.3 is 6.03 Å². The van der Waals surface area contributed by atoms with Crippen LogP contribution in [0.1, 0.15) is 23.6 Å². The molecule has 4 rings (SSSR count). The fraction of sp³-hybridized carbons (Fsp3) is 0.115. The van der Waals surface area contributed by atoms with Crippen molar-refractivity contribution >= 4 is 64.4 Å². The van der Waals surface area contributed by atoms with Crippen LogP contribution in [0.3, 0.4) is 0 Å². The molecule has 0 saturated carbocycles. The number of amides is 4. The molecule has 0 spiro atoms. The number of hydrogen-bond acceptors (Lipinski definition) is 4. The van der Waals surface area contributed by atoms with Gasteiger partial charge in [-0.1, -0.05) is 46.9 Å². The molecular formula is C26H18Cl3FN2O4. The molecule has 3 aromatic carbocycles. The molecule has 0 aromatic heterocycles. The molecule has 1 fully saturated rings. The summed E-state index contributed by atoms with van der Waals surface area (Å²) < 4.78 is 19.4. The van der Waals surface area contributed by atoms with Gasteiger partial charge in [0, 0.05) is 17.0 Å². The highest BCUT2D eigenvalue weighted by atomic mass is 35.5. The Bertz CT molecular complexity index is 1420. The number of imide groups is 2. The summed E-state index contributed by atoms with van der Waals surface area (Å²) in [6.45, 7) is 2.12. The van der Waals surface area contributed by atoms with Gasteiger partial charge in [0.05, 0.1) is 22.3 Å². The minimum atomic E-state index is -0.918. The summed E-state index contributed by atoms with van der Waals surface area (Å²) in [5.41, 5.74) is 1.56. The molecule has 1 aliphatic rings. The number of carbonyl (C=O) groups is 3. The molecule has 184 valence electrons. The van der Waals surface area contributed by atoms with Crippen LogP contribution in [0.4, 0.5) is 14.9 Å². The maximum atomic E-state index is 13.7. The van der Waals surface area contributed by atoms with Crippen molar-refractivity contribution in [2.75, 3.05) is 11.5 Å². The van der Waals surface area contributed by atoms with E-state index in [1.165, 1.54) is 36.4 Å². The fourth-order valence-corrected chi connectivity index (χ4v) is 4.28. The molecule has 1 heterocycles. The van der Waals surface area contributed by atoms with Gasteiger partial charge < -0.3 is 4.74 Å². The van der Waals surface area contributed by atoms with Crippen molar-refractivity contribution in [3.8, 4) is 5.75 Å². The average molecular weight is 548 g/mol. The topological polar surface area (TPSA) is 75.7 Å². The predicted octanol–water partition coefficient (Wildman–Crippen LogP) is 6.44. The first-order chi connectivity index (χ1) is 17.2. The van der Waals surface area contributed by atoms with Gasteiger partial charge in [-0.15, -0.1) is 0 Å². The third-order valence-corrected chi connectivity index (χ3v) is 6.40. The molecule has 0 atom stereocenters. The van der Waals surface area contributed by atoms with Crippen molar-refractivity contribution in [1.82, 2.24) is 5.32 Å². The minimum Gasteiger partial charge on any atom is -0.494 e. The second-order valence-corrected chi connectivity index (χ2v) is 9.00. The zero-order valence-electron chi connectivity index (χ0n) is 18.8. The number of ether oxygens (including phenoxy) is 1. The Labute approximate surface area is 221 Å². The molecule has 0 unspecified atom stereocenters. The summed E-state index contributed by atoms with van der Waals surface area (Å²) in [5.74, 6) is -1.66. The molecule has 0 bridgehead atoms. The van der Waals surface area contributed by atoms with E-state index in [-0.39, 0.29) is 27.1 Å². The Balaban J connectivity index is 1.72. The molecule has 6 nitrogen and oxygen atoms in total. The molecule has 10 heteroatoms. The number of halogens is 4. The van der Waals surface area contributed by atoms with Crippen molar-refractivity contribution < 1.29 is 23.5 Å². The van der Waals surface area contributed by atoms with Crippen LogP contribution in [-0.4, -0.2) is 24.5 Å². The van der Waals surface area contributed by atoms with Crippen LogP contribution in [0.5, 0.6) is 5.75 Å². The summed E-state index contributed by atoms with van der Waals surface area (Å²) in [5, 5.41) is 2.84. The summed E-state index contributed by atoms with van der Waals surface area (Å²) in [6, 6.07) is 12.6. The molecule has 1 aliphatic heterocycles. The number of nitrogens with one attached hydrogen (secondary N) is 1. The van der Waals surface area contributed by atoms with E-state index in [0.29, 0.717) is 40.5 Å². The molecule has 4 amide bonds. The second-order valence-electron chi connectivity index (χ2n) is 7.78. The van der Waals surface area contributed by atoms with Gasteiger partial charge in [-0.05, 0) is 66.6 Å². The highest BCUT2D eigenvalue weighted by molar-refractivity contribution is 6.43. The van der Waals surface area contributed by atoms with Crippen molar-refractivity contribution in [1.29, 1.82) is 0 Å². The van der Waals surface area contributed by atoms with Crippen molar-refractivity contribution in [2.24, 2.45) is 0 Å². The van der Waals surface area contributed by atoms with E-state index in [1.807, 2.05) is 0 Å². The molecule has 0 aliphatic carbocycles. The number of anilines is 1. The lowest BCUT2D eigenvalue weighted by molar-refractivity contribution is -0.122. The minimum absolute atomic E-state index is 0.138. The monoisotopic (exact) mass is 546 g/mol. The van der Waals surface area contributed by atoms with E-state index in [9.17, 15) is 18.8 Å². The molecule has 1 N–H and O–H groups in total. The van der Waals surface area contributed by atoms with Crippen LogP contribution in [0.2, 0.25) is 15.1 Å². The number of nitrogens with zero attached hydrogens (tertiary/aromatic N) is 1. The Morgan fingerprint density at radius 3 is 2.44 bits per heavy atom. The Hall–Kier alpha value is -3.39. The molecule has 3 aromatic rings. The van der Waals surface area contributed by atoms with E-state index in [0.717, 1.165) is 4.90 Å². The number of rotatable bonds is 6.